The second-order valence-corrected chi connectivity index (χ2v) is 8.15. The van der Waals surface area contributed by atoms with E-state index in [2.05, 4.69) is 4.98 Å². The third kappa shape index (κ3) is 2.68. The van der Waals surface area contributed by atoms with Gasteiger partial charge in [-0.3, -0.25) is 14.5 Å². The number of amides is 1. The van der Waals surface area contributed by atoms with Crippen molar-refractivity contribution in [3.8, 4) is 0 Å². The first-order valence-corrected chi connectivity index (χ1v) is 10.0. The molecule has 150 valence electrons. The van der Waals surface area contributed by atoms with Crippen molar-refractivity contribution in [3.05, 3.63) is 82.2 Å². The van der Waals surface area contributed by atoms with E-state index in [1.54, 1.807) is 30.3 Å². The molecule has 1 N–H and O–H groups in total. The summed E-state index contributed by atoms with van der Waals surface area (Å²) in [4.78, 5) is 33.1. The number of rotatable bonds is 4. The second kappa shape index (κ2) is 6.70. The summed E-state index contributed by atoms with van der Waals surface area (Å²) in [6.45, 7) is 3.73. The Morgan fingerprint density at radius 2 is 2.00 bits per heavy atom. The molecule has 1 atom stereocenters. The minimum Gasteiger partial charge on any atom is -0.503 e. The van der Waals surface area contributed by atoms with E-state index in [9.17, 15) is 14.7 Å². The van der Waals surface area contributed by atoms with Crippen LogP contribution in [0.15, 0.2) is 68.9 Å². The molecule has 1 aliphatic rings. The molecule has 0 aliphatic carbocycles. The summed E-state index contributed by atoms with van der Waals surface area (Å²) in [7, 11) is 0. The standard InChI is InChI=1S/C22H16N2O5S/c1-11-12(2)30-22(23-11)24-18(15-8-5-9-28-15)17(20(26)21(24)27)19(25)16-10-13-6-3-4-7-14(13)29-16/h3-10,18,26H,1-2H3. The number of para-hydroxylation sites is 1. The molecule has 1 aliphatic heterocycles. The Kier molecular flexibility index (Phi) is 4.11. The van der Waals surface area contributed by atoms with Gasteiger partial charge in [0.2, 0.25) is 5.78 Å². The van der Waals surface area contributed by atoms with Crippen LogP contribution >= 0.6 is 11.3 Å². The highest BCUT2D eigenvalue weighted by molar-refractivity contribution is 7.15. The van der Waals surface area contributed by atoms with Gasteiger partial charge in [0.15, 0.2) is 16.7 Å². The molecule has 1 amide bonds. The Morgan fingerprint density at radius 1 is 1.20 bits per heavy atom. The number of aromatic nitrogens is 1. The van der Waals surface area contributed by atoms with Crippen molar-refractivity contribution in [1.82, 2.24) is 4.98 Å². The number of aryl methyl sites for hydroxylation is 2. The van der Waals surface area contributed by atoms with E-state index in [0.717, 1.165) is 16.0 Å². The van der Waals surface area contributed by atoms with Crippen molar-refractivity contribution in [3.63, 3.8) is 0 Å². The highest BCUT2D eigenvalue weighted by Gasteiger charge is 2.48. The zero-order valence-corrected chi connectivity index (χ0v) is 16.9. The summed E-state index contributed by atoms with van der Waals surface area (Å²) in [5.41, 5.74) is 1.22. The zero-order chi connectivity index (χ0) is 21.0. The first-order chi connectivity index (χ1) is 14.5. The molecule has 0 saturated carbocycles. The predicted octanol–water partition coefficient (Wildman–Crippen LogP) is 4.88. The third-order valence-electron chi connectivity index (χ3n) is 5.14. The maximum atomic E-state index is 13.4. The average Bonchev–Trinajstić information content (AvgIpc) is 3.50. The molecule has 1 unspecified atom stereocenters. The number of furan rings is 2. The molecule has 7 nitrogen and oxygen atoms in total. The maximum absolute atomic E-state index is 13.4. The number of carbonyl (C=O) groups is 2. The van der Waals surface area contributed by atoms with Crippen molar-refractivity contribution in [2.75, 3.05) is 4.90 Å². The molecular formula is C22H16N2O5S. The van der Waals surface area contributed by atoms with Gasteiger partial charge in [-0.15, -0.1) is 11.3 Å². The van der Waals surface area contributed by atoms with E-state index in [1.165, 1.54) is 22.5 Å². The lowest BCUT2D eigenvalue weighted by Gasteiger charge is -2.21. The van der Waals surface area contributed by atoms with Crippen LogP contribution in [0, 0.1) is 13.8 Å². The van der Waals surface area contributed by atoms with Crippen molar-refractivity contribution in [1.29, 1.82) is 0 Å². The largest absolute Gasteiger partial charge is 0.503 e. The SMILES string of the molecule is Cc1nc(N2C(=O)C(O)=C(C(=O)c3cc4ccccc4o3)C2c2ccco2)sc1C. The van der Waals surface area contributed by atoms with Gasteiger partial charge in [0.05, 0.1) is 17.5 Å². The number of anilines is 1. The zero-order valence-electron chi connectivity index (χ0n) is 16.1. The first kappa shape index (κ1) is 18.4. The number of Topliss-reactive ketones (excluding diaryl/α,β-unsaturated/α-hetero) is 1. The van der Waals surface area contributed by atoms with E-state index >= 15 is 0 Å². The predicted molar refractivity (Wildman–Crippen MR) is 111 cm³/mol. The molecular weight excluding hydrogens is 404 g/mol. The van der Waals surface area contributed by atoms with Gasteiger partial charge in [0.1, 0.15) is 17.4 Å². The fourth-order valence-electron chi connectivity index (χ4n) is 3.54. The Morgan fingerprint density at radius 3 is 2.67 bits per heavy atom. The van der Waals surface area contributed by atoms with Gasteiger partial charge in [-0.2, -0.15) is 0 Å². The quantitative estimate of drug-likeness (QED) is 0.473. The van der Waals surface area contributed by atoms with Crippen LogP contribution in [-0.4, -0.2) is 21.8 Å². The van der Waals surface area contributed by atoms with Gasteiger partial charge in [-0.1, -0.05) is 18.2 Å². The smallest absolute Gasteiger partial charge is 0.296 e. The van der Waals surface area contributed by atoms with Crippen LogP contribution in [0.25, 0.3) is 11.0 Å². The van der Waals surface area contributed by atoms with Gasteiger partial charge in [-0.25, -0.2) is 4.98 Å². The van der Waals surface area contributed by atoms with Crippen molar-refractivity contribution >= 4 is 39.1 Å². The van der Waals surface area contributed by atoms with Crippen LogP contribution in [0.2, 0.25) is 0 Å². The van der Waals surface area contributed by atoms with E-state index in [-0.39, 0.29) is 11.3 Å². The summed E-state index contributed by atoms with van der Waals surface area (Å²) in [6, 6.07) is 11.2. The number of benzene rings is 1. The summed E-state index contributed by atoms with van der Waals surface area (Å²) in [6.07, 6.45) is 1.45. The Labute approximate surface area is 174 Å². The lowest BCUT2D eigenvalue weighted by Crippen LogP contribution is -2.30. The number of aliphatic hydroxyl groups is 1. The summed E-state index contributed by atoms with van der Waals surface area (Å²) in [5.74, 6) is -1.53. The summed E-state index contributed by atoms with van der Waals surface area (Å²) < 4.78 is 11.2. The summed E-state index contributed by atoms with van der Waals surface area (Å²) >= 11 is 1.31. The fourth-order valence-corrected chi connectivity index (χ4v) is 4.47. The molecule has 30 heavy (non-hydrogen) atoms. The van der Waals surface area contributed by atoms with E-state index in [1.807, 2.05) is 26.0 Å². The topological polar surface area (TPSA) is 96.8 Å². The van der Waals surface area contributed by atoms with Crippen LogP contribution in [-0.2, 0) is 4.79 Å². The fraction of sp³-hybridized carbons (Fsp3) is 0.136. The van der Waals surface area contributed by atoms with E-state index < -0.39 is 23.5 Å². The normalized spacial score (nSPS) is 16.8. The van der Waals surface area contributed by atoms with Gasteiger partial charge >= 0.3 is 0 Å². The molecule has 1 aromatic carbocycles. The van der Waals surface area contributed by atoms with Crippen LogP contribution in [0.4, 0.5) is 5.13 Å². The second-order valence-electron chi connectivity index (χ2n) is 6.97. The number of fused-ring (bicyclic) bond motifs is 1. The molecule has 4 heterocycles. The van der Waals surface area contributed by atoms with Crippen molar-refractivity contribution < 1.29 is 23.5 Å². The average molecular weight is 420 g/mol. The Hall–Kier alpha value is -3.65. The Bertz CT molecular complexity index is 1280. The maximum Gasteiger partial charge on any atom is 0.296 e. The van der Waals surface area contributed by atoms with E-state index in [4.69, 9.17) is 8.83 Å². The summed E-state index contributed by atoms with van der Waals surface area (Å²) in [5, 5.41) is 11.8. The number of nitrogens with zero attached hydrogens (tertiary/aromatic N) is 2. The van der Waals surface area contributed by atoms with E-state index in [0.29, 0.717) is 16.5 Å². The highest BCUT2D eigenvalue weighted by atomic mass is 32.1. The van der Waals surface area contributed by atoms with Crippen LogP contribution < -0.4 is 4.90 Å². The highest BCUT2D eigenvalue weighted by Crippen LogP contribution is 2.44. The molecule has 0 bridgehead atoms. The number of hydrogen-bond donors (Lipinski definition) is 1. The number of ketones is 1. The van der Waals surface area contributed by atoms with Crippen molar-refractivity contribution in [2.45, 2.75) is 19.9 Å². The van der Waals surface area contributed by atoms with Crippen molar-refractivity contribution in [2.24, 2.45) is 0 Å². The molecule has 0 radical (unpaired) electrons. The minimum atomic E-state index is -0.946. The molecule has 0 spiro atoms. The molecule has 0 saturated heterocycles. The van der Waals surface area contributed by atoms with Crippen LogP contribution in [0.5, 0.6) is 0 Å². The monoisotopic (exact) mass is 420 g/mol. The minimum absolute atomic E-state index is 0.0375. The number of hydrogen-bond acceptors (Lipinski definition) is 7. The molecule has 5 rings (SSSR count). The molecule has 4 aromatic rings. The molecule has 0 fully saturated rings. The first-order valence-electron chi connectivity index (χ1n) is 9.23. The number of thiazole rings is 1. The lowest BCUT2D eigenvalue weighted by molar-refractivity contribution is -0.117. The van der Waals surface area contributed by atoms with Gasteiger partial charge in [-0.05, 0) is 38.1 Å². The van der Waals surface area contributed by atoms with Gasteiger partial charge in [0, 0.05) is 10.3 Å². The van der Waals surface area contributed by atoms with Gasteiger partial charge < -0.3 is 13.9 Å². The molecule has 3 aromatic heterocycles. The molecule has 8 heteroatoms. The lowest BCUT2D eigenvalue weighted by atomic mass is 10.00. The van der Waals surface area contributed by atoms with Crippen LogP contribution in [0.1, 0.15) is 32.9 Å². The number of carbonyl (C=O) groups excluding carboxylic acids is 2. The third-order valence-corrected chi connectivity index (χ3v) is 6.21. The number of aliphatic hydroxyl groups excluding tert-OH is 1. The van der Waals surface area contributed by atoms with Gasteiger partial charge in [0.25, 0.3) is 5.91 Å². The Balaban J connectivity index is 1.65. The van der Waals surface area contributed by atoms with Crippen LogP contribution in [0.3, 0.4) is 0 Å².